The normalized spacial score (nSPS) is 11.5. The average molecular weight is 449 g/mol. The van der Waals surface area contributed by atoms with Crippen LogP contribution in [0.5, 0.6) is 11.5 Å². The summed E-state index contributed by atoms with van der Waals surface area (Å²) < 4.78 is 11.0. The quantitative estimate of drug-likeness (QED) is 0.290. The van der Waals surface area contributed by atoms with E-state index in [2.05, 4.69) is 25.2 Å². The van der Waals surface area contributed by atoms with E-state index in [1.807, 2.05) is 36.4 Å². The van der Waals surface area contributed by atoms with Gasteiger partial charge in [0.25, 0.3) is 0 Å². The zero-order valence-corrected chi connectivity index (χ0v) is 18.8. The zero-order valence-electron chi connectivity index (χ0n) is 18.0. The van der Waals surface area contributed by atoms with Crippen LogP contribution < -0.4 is 14.8 Å². The molecular weight excluding hydrogens is 424 g/mol. The van der Waals surface area contributed by atoms with Gasteiger partial charge in [-0.25, -0.2) is 0 Å². The number of ether oxygens (including phenoxy) is 2. The molecule has 0 heterocycles. The lowest BCUT2D eigenvalue weighted by Gasteiger charge is -2.13. The van der Waals surface area contributed by atoms with Crippen molar-refractivity contribution in [2.75, 3.05) is 11.9 Å². The summed E-state index contributed by atoms with van der Waals surface area (Å²) in [6, 6.07) is 23.9. The molecule has 3 rings (SSSR count). The van der Waals surface area contributed by atoms with Gasteiger partial charge in [-0.3, -0.25) is 4.79 Å². The Kier molecular flexibility index (Phi) is 8.13. The fraction of sp³-hybridized carbons (Fsp3) is 0.231. The number of carbonyl (C=O) groups is 1. The molecule has 0 radical (unpaired) electrons. The fourth-order valence-corrected chi connectivity index (χ4v) is 3.10. The molecule has 3 aromatic rings. The van der Waals surface area contributed by atoms with Gasteiger partial charge in [-0.2, -0.15) is 5.26 Å². The molecule has 0 fully saturated rings. The maximum absolute atomic E-state index is 12.4. The molecule has 0 aliphatic carbocycles. The van der Waals surface area contributed by atoms with E-state index >= 15 is 0 Å². The van der Waals surface area contributed by atoms with E-state index in [1.54, 1.807) is 36.4 Å². The van der Waals surface area contributed by atoms with Crippen molar-refractivity contribution in [3.63, 3.8) is 0 Å². The van der Waals surface area contributed by atoms with Gasteiger partial charge in [-0.05, 0) is 72.1 Å². The van der Waals surface area contributed by atoms with Crippen LogP contribution >= 0.6 is 11.6 Å². The van der Waals surface area contributed by atoms with E-state index in [1.165, 1.54) is 0 Å². The highest BCUT2D eigenvalue weighted by atomic mass is 35.5. The molecule has 6 heteroatoms. The highest BCUT2D eigenvalue weighted by molar-refractivity contribution is 6.30. The molecule has 3 aromatic carbocycles. The van der Waals surface area contributed by atoms with Gasteiger partial charge in [-0.1, -0.05) is 37.6 Å². The Balaban J connectivity index is 1.60. The monoisotopic (exact) mass is 448 g/mol. The van der Waals surface area contributed by atoms with Crippen molar-refractivity contribution in [2.45, 2.75) is 26.2 Å². The SMILES string of the molecule is CC(C)COc1ccc(OC(=O)CC(C#N)c2cccc(Nc3ccc(Cl)cc3)c2)cc1. The lowest BCUT2D eigenvalue weighted by atomic mass is 9.97. The van der Waals surface area contributed by atoms with Gasteiger partial charge in [0, 0.05) is 16.4 Å². The predicted octanol–water partition coefficient (Wildman–Crippen LogP) is 6.72. The maximum atomic E-state index is 12.4. The van der Waals surface area contributed by atoms with Crippen molar-refractivity contribution < 1.29 is 14.3 Å². The second-order valence-corrected chi connectivity index (χ2v) is 8.23. The number of nitrogens with zero attached hydrogens (tertiary/aromatic N) is 1. The Hall–Kier alpha value is -3.49. The number of esters is 1. The molecule has 0 aliphatic heterocycles. The first-order valence-electron chi connectivity index (χ1n) is 10.4. The Morgan fingerprint density at radius 3 is 2.34 bits per heavy atom. The average Bonchev–Trinajstić information content (AvgIpc) is 2.78. The number of benzene rings is 3. The molecule has 164 valence electrons. The summed E-state index contributed by atoms with van der Waals surface area (Å²) in [5.74, 6) is 0.474. The Bertz CT molecular complexity index is 1070. The number of anilines is 2. The number of hydrogen-bond donors (Lipinski definition) is 1. The minimum absolute atomic E-state index is 0.0491. The summed E-state index contributed by atoms with van der Waals surface area (Å²) >= 11 is 5.93. The van der Waals surface area contributed by atoms with Gasteiger partial charge in [0.05, 0.1) is 25.0 Å². The molecule has 0 aromatic heterocycles. The molecule has 0 aliphatic rings. The zero-order chi connectivity index (χ0) is 22.9. The van der Waals surface area contributed by atoms with E-state index in [9.17, 15) is 10.1 Å². The van der Waals surface area contributed by atoms with Gasteiger partial charge in [0.1, 0.15) is 11.5 Å². The molecule has 0 saturated heterocycles. The molecule has 32 heavy (non-hydrogen) atoms. The summed E-state index contributed by atoms with van der Waals surface area (Å²) in [6.45, 7) is 4.77. The van der Waals surface area contributed by atoms with Crippen LogP contribution in [0.2, 0.25) is 5.02 Å². The maximum Gasteiger partial charge on any atom is 0.312 e. The number of carbonyl (C=O) groups excluding carboxylic acids is 1. The van der Waals surface area contributed by atoms with Crippen LogP contribution in [0.3, 0.4) is 0 Å². The first-order valence-corrected chi connectivity index (χ1v) is 10.8. The molecule has 0 spiro atoms. The number of hydrogen-bond acceptors (Lipinski definition) is 5. The molecule has 1 atom stereocenters. The highest BCUT2D eigenvalue weighted by Gasteiger charge is 2.18. The molecule has 5 nitrogen and oxygen atoms in total. The molecule has 1 unspecified atom stereocenters. The number of nitrogens with one attached hydrogen (secondary N) is 1. The van der Waals surface area contributed by atoms with Crippen molar-refractivity contribution in [3.8, 4) is 17.6 Å². The summed E-state index contributed by atoms with van der Waals surface area (Å²) in [5.41, 5.74) is 2.43. The van der Waals surface area contributed by atoms with Crippen LogP contribution in [-0.2, 0) is 4.79 Å². The first-order chi connectivity index (χ1) is 15.4. The third-order valence-corrected chi connectivity index (χ3v) is 4.84. The van der Waals surface area contributed by atoms with Crippen LogP contribution in [0.25, 0.3) is 0 Å². The first kappa shape index (κ1) is 23.2. The number of halogens is 1. The van der Waals surface area contributed by atoms with E-state index in [0.29, 0.717) is 23.3 Å². The smallest absolute Gasteiger partial charge is 0.312 e. The number of nitriles is 1. The number of rotatable bonds is 9. The van der Waals surface area contributed by atoms with Gasteiger partial charge in [0.15, 0.2) is 0 Å². The van der Waals surface area contributed by atoms with Crippen molar-refractivity contribution in [3.05, 3.63) is 83.4 Å². The van der Waals surface area contributed by atoms with Crippen molar-refractivity contribution in [1.82, 2.24) is 0 Å². The second-order valence-electron chi connectivity index (χ2n) is 7.79. The summed E-state index contributed by atoms with van der Waals surface area (Å²) in [4.78, 5) is 12.4. The lowest BCUT2D eigenvalue weighted by Crippen LogP contribution is -2.12. The van der Waals surface area contributed by atoms with Gasteiger partial charge < -0.3 is 14.8 Å². The topological polar surface area (TPSA) is 71.3 Å². The summed E-state index contributed by atoms with van der Waals surface area (Å²) in [7, 11) is 0. The van der Waals surface area contributed by atoms with E-state index in [-0.39, 0.29) is 6.42 Å². The standard InChI is InChI=1S/C26H25ClN2O3/c1-18(2)17-31-24-10-12-25(13-11-24)32-26(30)15-20(16-28)19-4-3-5-23(14-19)29-22-8-6-21(27)7-9-22/h3-14,18,20,29H,15,17H2,1-2H3. The second kappa shape index (κ2) is 11.2. The van der Waals surface area contributed by atoms with E-state index in [4.69, 9.17) is 21.1 Å². The largest absolute Gasteiger partial charge is 0.493 e. The van der Waals surface area contributed by atoms with E-state index < -0.39 is 11.9 Å². The third kappa shape index (κ3) is 7.04. The minimum atomic E-state index is -0.622. The Labute approximate surface area is 193 Å². The van der Waals surface area contributed by atoms with Crippen LogP contribution in [0.15, 0.2) is 72.8 Å². The van der Waals surface area contributed by atoms with Crippen LogP contribution in [-0.4, -0.2) is 12.6 Å². The van der Waals surface area contributed by atoms with Crippen molar-refractivity contribution >= 4 is 28.9 Å². The van der Waals surface area contributed by atoms with Crippen LogP contribution in [0, 0.1) is 17.2 Å². The van der Waals surface area contributed by atoms with Crippen LogP contribution in [0.4, 0.5) is 11.4 Å². The molecule has 1 N–H and O–H groups in total. The molecule has 0 saturated carbocycles. The molecular formula is C26H25ClN2O3. The van der Waals surface area contributed by atoms with Gasteiger partial charge >= 0.3 is 5.97 Å². The Morgan fingerprint density at radius 1 is 1.00 bits per heavy atom. The Morgan fingerprint density at radius 2 is 1.69 bits per heavy atom. The fourth-order valence-electron chi connectivity index (χ4n) is 2.98. The van der Waals surface area contributed by atoms with Crippen molar-refractivity contribution in [1.29, 1.82) is 5.26 Å². The molecule has 0 bridgehead atoms. The predicted molar refractivity (Wildman–Crippen MR) is 127 cm³/mol. The summed E-state index contributed by atoms with van der Waals surface area (Å²) in [6.07, 6.45) is -0.0491. The van der Waals surface area contributed by atoms with Crippen LogP contribution in [0.1, 0.15) is 31.7 Å². The highest BCUT2D eigenvalue weighted by Crippen LogP contribution is 2.26. The molecule has 0 amide bonds. The van der Waals surface area contributed by atoms with Gasteiger partial charge in [0.2, 0.25) is 0 Å². The van der Waals surface area contributed by atoms with Crippen molar-refractivity contribution in [2.24, 2.45) is 5.92 Å². The van der Waals surface area contributed by atoms with E-state index in [0.717, 1.165) is 22.7 Å². The third-order valence-electron chi connectivity index (χ3n) is 4.59. The minimum Gasteiger partial charge on any atom is -0.493 e. The summed E-state index contributed by atoms with van der Waals surface area (Å²) in [5, 5.41) is 13.6. The lowest BCUT2D eigenvalue weighted by molar-refractivity contribution is -0.134. The van der Waals surface area contributed by atoms with Gasteiger partial charge in [-0.15, -0.1) is 0 Å².